The first kappa shape index (κ1) is 4.43. The molecule has 0 bridgehead atoms. The van der Waals surface area contributed by atoms with E-state index < -0.39 is 0 Å². The van der Waals surface area contributed by atoms with Gasteiger partial charge in [0.2, 0.25) is 0 Å². The van der Waals surface area contributed by atoms with Gasteiger partial charge in [-0.05, 0) is 6.92 Å². The summed E-state index contributed by atoms with van der Waals surface area (Å²) in [5.41, 5.74) is 1.86. The first-order chi connectivity index (χ1) is 2.27. The van der Waals surface area contributed by atoms with E-state index in [1.54, 1.807) is 0 Å². The quantitative estimate of drug-likeness (QED) is 0.232. The molecule has 0 rings (SSSR count). The Morgan fingerprint density at radius 2 is 2.00 bits per heavy atom. The molecular formula is C2H6N3. The molecule has 29 valence electrons. The summed E-state index contributed by atoms with van der Waals surface area (Å²) in [5, 5.41) is 6.44. The van der Waals surface area contributed by atoms with Crippen molar-refractivity contribution in [2.24, 2.45) is 0 Å². The van der Waals surface area contributed by atoms with Crippen molar-refractivity contribution in [3.05, 3.63) is 0 Å². The highest BCUT2D eigenvalue weighted by molar-refractivity contribution is 5.74. The van der Waals surface area contributed by atoms with Crippen molar-refractivity contribution in [2.75, 3.05) is 0 Å². The highest BCUT2D eigenvalue weighted by Gasteiger charge is 1.67. The standard InChI is InChI=1S/C2H6N3/c1-2(3)5-4/h4H,1H3,(H2,3,5). The molecule has 3 heteroatoms. The predicted molar refractivity (Wildman–Crippen MR) is 19.6 cm³/mol. The Hall–Kier alpha value is -0.570. The van der Waals surface area contributed by atoms with E-state index >= 15 is 0 Å². The summed E-state index contributed by atoms with van der Waals surface area (Å²) in [4.78, 5) is 0. The summed E-state index contributed by atoms with van der Waals surface area (Å²) in [6, 6.07) is 0. The van der Waals surface area contributed by atoms with Gasteiger partial charge in [0.15, 0.2) is 0 Å². The lowest BCUT2D eigenvalue weighted by Crippen LogP contribution is -2.14. The van der Waals surface area contributed by atoms with E-state index in [1.807, 2.05) is 5.43 Å². The van der Waals surface area contributed by atoms with Crippen LogP contribution >= 0.6 is 0 Å². The van der Waals surface area contributed by atoms with Crippen molar-refractivity contribution in [1.82, 2.24) is 11.3 Å². The highest BCUT2D eigenvalue weighted by atomic mass is 15.2. The molecule has 0 amide bonds. The smallest absolute Gasteiger partial charge is 0.105 e. The van der Waals surface area contributed by atoms with Crippen LogP contribution in [0.3, 0.4) is 0 Å². The lowest BCUT2D eigenvalue weighted by molar-refractivity contribution is 0.961. The van der Waals surface area contributed by atoms with Gasteiger partial charge < -0.3 is 0 Å². The van der Waals surface area contributed by atoms with Crippen molar-refractivity contribution in [2.45, 2.75) is 6.92 Å². The number of hydrogen-bond donors (Lipinski definition) is 2. The second kappa shape index (κ2) is 1.72. The van der Waals surface area contributed by atoms with Crippen molar-refractivity contribution in [1.29, 1.82) is 5.41 Å². The summed E-state index contributed by atoms with van der Waals surface area (Å²) < 4.78 is 0. The van der Waals surface area contributed by atoms with Gasteiger partial charge in [0, 0.05) is 0 Å². The van der Waals surface area contributed by atoms with Gasteiger partial charge in [-0.1, -0.05) is 0 Å². The zero-order valence-corrected chi connectivity index (χ0v) is 3.00. The lowest BCUT2D eigenvalue weighted by atomic mass is 10.7. The molecule has 0 fully saturated rings. The molecule has 0 spiro atoms. The zero-order valence-electron chi connectivity index (χ0n) is 3.00. The maximum absolute atomic E-state index is 6.44. The minimum atomic E-state index is 0.171. The summed E-state index contributed by atoms with van der Waals surface area (Å²) in [7, 11) is 0. The molecule has 0 aliphatic carbocycles. The molecule has 0 heterocycles. The van der Waals surface area contributed by atoms with Crippen LogP contribution in [0.15, 0.2) is 0 Å². The Morgan fingerprint density at radius 1 is 1.80 bits per heavy atom. The topological polar surface area (TPSA) is 59.7 Å². The van der Waals surface area contributed by atoms with E-state index in [0.717, 1.165) is 0 Å². The van der Waals surface area contributed by atoms with Gasteiger partial charge in [-0.3, -0.25) is 10.8 Å². The van der Waals surface area contributed by atoms with Gasteiger partial charge in [-0.25, -0.2) is 0 Å². The van der Waals surface area contributed by atoms with Crippen LogP contribution in [0, 0.1) is 5.41 Å². The Morgan fingerprint density at radius 3 is 2.00 bits per heavy atom. The number of hydrogen-bond acceptors (Lipinski definition) is 1. The third-order valence-electron chi connectivity index (χ3n) is 0.188. The lowest BCUT2D eigenvalue weighted by Gasteiger charge is -1.83. The van der Waals surface area contributed by atoms with Gasteiger partial charge in [0.1, 0.15) is 5.84 Å². The number of amidine groups is 1. The van der Waals surface area contributed by atoms with Gasteiger partial charge in [0.25, 0.3) is 0 Å². The van der Waals surface area contributed by atoms with Crippen LogP contribution in [-0.2, 0) is 0 Å². The van der Waals surface area contributed by atoms with Crippen molar-refractivity contribution >= 4 is 5.84 Å². The normalized spacial score (nSPS) is 6.80. The fraction of sp³-hybridized carbons (Fsp3) is 0.500. The molecule has 0 atom stereocenters. The molecule has 0 aromatic heterocycles. The van der Waals surface area contributed by atoms with Crippen LogP contribution in [0.2, 0.25) is 0 Å². The molecule has 1 radical (unpaired) electrons. The maximum Gasteiger partial charge on any atom is 0.105 e. The van der Waals surface area contributed by atoms with Crippen LogP contribution < -0.4 is 11.3 Å². The molecule has 0 saturated carbocycles. The molecule has 3 N–H and O–H groups in total. The van der Waals surface area contributed by atoms with Crippen LogP contribution in [0.4, 0.5) is 0 Å². The monoisotopic (exact) mass is 72.1 g/mol. The van der Waals surface area contributed by atoms with Gasteiger partial charge in [-0.2, -0.15) is 5.84 Å². The summed E-state index contributed by atoms with van der Waals surface area (Å²) in [5.74, 6) is 6.35. The van der Waals surface area contributed by atoms with E-state index in [9.17, 15) is 0 Å². The molecule has 0 unspecified atom stereocenters. The first-order valence-electron chi connectivity index (χ1n) is 1.25. The van der Waals surface area contributed by atoms with Crippen molar-refractivity contribution in [3.63, 3.8) is 0 Å². The molecule has 0 aromatic carbocycles. The average molecular weight is 72.1 g/mol. The minimum absolute atomic E-state index is 0.171. The Kier molecular flexibility index (Phi) is 1.53. The van der Waals surface area contributed by atoms with Crippen LogP contribution in [0.5, 0.6) is 0 Å². The summed E-state index contributed by atoms with van der Waals surface area (Å²) in [6.07, 6.45) is 0. The molecule has 5 heavy (non-hydrogen) atoms. The fourth-order valence-electron chi connectivity index (χ4n) is 0. The van der Waals surface area contributed by atoms with E-state index in [-0.39, 0.29) is 5.84 Å². The van der Waals surface area contributed by atoms with Crippen LogP contribution in [-0.4, -0.2) is 5.84 Å². The number of nitrogens with one attached hydrogen (secondary N) is 3. The van der Waals surface area contributed by atoms with Gasteiger partial charge in [-0.15, -0.1) is 0 Å². The molecule has 0 aliphatic heterocycles. The van der Waals surface area contributed by atoms with E-state index in [4.69, 9.17) is 11.3 Å². The SMILES string of the molecule is CC(=N)N[NH]. The fourth-order valence-corrected chi connectivity index (χ4v) is 0. The van der Waals surface area contributed by atoms with E-state index in [0.29, 0.717) is 0 Å². The van der Waals surface area contributed by atoms with E-state index in [1.165, 1.54) is 6.92 Å². The third-order valence-corrected chi connectivity index (χ3v) is 0.188. The Labute approximate surface area is 30.6 Å². The van der Waals surface area contributed by atoms with Crippen molar-refractivity contribution < 1.29 is 0 Å². The molecule has 3 nitrogen and oxygen atoms in total. The molecular weight excluding hydrogens is 66.0 g/mol. The second-order valence-corrected chi connectivity index (χ2v) is 0.750. The van der Waals surface area contributed by atoms with Gasteiger partial charge in [0.05, 0.1) is 0 Å². The largest absolute Gasteiger partial charge is 0.295 e. The molecule has 0 aromatic rings. The summed E-state index contributed by atoms with van der Waals surface area (Å²) in [6.45, 7) is 1.51. The van der Waals surface area contributed by atoms with Crippen LogP contribution in [0.1, 0.15) is 6.92 Å². The first-order valence-corrected chi connectivity index (χ1v) is 1.25. The summed E-state index contributed by atoms with van der Waals surface area (Å²) >= 11 is 0. The minimum Gasteiger partial charge on any atom is -0.295 e. The number of rotatable bonds is 0. The predicted octanol–water partition coefficient (Wildman–Crippen LogP) is -0.229. The van der Waals surface area contributed by atoms with Crippen LogP contribution in [0.25, 0.3) is 0 Å². The Bertz CT molecular complexity index is 40.2. The average Bonchev–Trinajstić information content (AvgIpc) is 1.38. The third kappa shape index (κ3) is 3.43. The van der Waals surface area contributed by atoms with E-state index in [2.05, 4.69) is 0 Å². The van der Waals surface area contributed by atoms with Gasteiger partial charge >= 0.3 is 0 Å². The highest BCUT2D eigenvalue weighted by Crippen LogP contribution is 1.46. The molecule has 0 saturated heterocycles. The van der Waals surface area contributed by atoms with Crippen molar-refractivity contribution in [3.8, 4) is 0 Å². The maximum atomic E-state index is 6.44. The molecule has 0 aliphatic rings. The zero-order chi connectivity index (χ0) is 4.28. The Balaban J connectivity index is 2.85. The second-order valence-electron chi connectivity index (χ2n) is 0.750.